The largest absolute Gasteiger partial charge is 0.458 e. The number of aryl methyl sites for hydroxylation is 1. The van der Waals surface area contributed by atoms with Crippen molar-refractivity contribution in [2.75, 3.05) is 0 Å². The lowest BCUT2D eigenvalue weighted by Crippen LogP contribution is -1.98. The third kappa shape index (κ3) is 1.89. The fourth-order valence-corrected chi connectivity index (χ4v) is 2.04. The lowest BCUT2D eigenvalue weighted by Gasteiger charge is -2.07. The van der Waals surface area contributed by atoms with E-state index in [1.54, 1.807) is 12.3 Å². The number of fused-ring (bicyclic) bond motifs is 1. The summed E-state index contributed by atoms with van der Waals surface area (Å²) >= 11 is 0. The number of aliphatic hydroxyl groups excluding tert-OH is 1. The molecule has 2 heterocycles. The molecular weight excluding hydrogens is 226 g/mol. The van der Waals surface area contributed by atoms with Crippen molar-refractivity contribution in [1.82, 2.24) is 4.98 Å². The summed E-state index contributed by atoms with van der Waals surface area (Å²) < 4.78 is 5.65. The van der Waals surface area contributed by atoms with E-state index in [2.05, 4.69) is 4.98 Å². The Morgan fingerprint density at radius 2 is 2.00 bits per heavy atom. The first-order valence-corrected chi connectivity index (χ1v) is 5.83. The van der Waals surface area contributed by atoms with Gasteiger partial charge in [-0.15, -0.1) is 0 Å². The molecule has 0 bridgehead atoms. The number of aromatic nitrogens is 1. The van der Waals surface area contributed by atoms with E-state index in [1.807, 2.05) is 43.3 Å². The Morgan fingerprint density at radius 3 is 2.78 bits per heavy atom. The van der Waals surface area contributed by atoms with Crippen LogP contribution in [-0.4, -0.2) is 10.1 Å². The van der Waals surface area contributed by atoms with E-state index in [9.17, 15) is 5.11 Å². The fourth-order valence-electron chi connectivity index (χ4n) is 2.04. The second kappa shape index (κ2) is 4.27. The molecule has 3 heteroatoms. The van der Waals surface area contributed by atoms with Gasteiger partial charge in [-0.05, 0) is 36.8 Å². The molecule has 0 aliphatic rings. The number of rotatable bonds is 2. The number of pyridine rings is 1. The van der Waals surface area contributed by atoms with Crippen LogP contribution in [0.15, 0.2) is 53.1 Å². The van der Waals surface area contributed by atoms with Gasteiger partial charge in [-0.1, -0.05) is 18.2 Å². The van der Waals surface area contributed by atoms with Crippen molar-refractivity contribution < 1.29 is 9.52 Å². The number of furan rings is 1. The van der Waals surface area contributed by atoms with E-state index in [1.165, 1.54) is 0 Å². The first-order valence-electron chi connectivity index (χ1n) is 5.83. The van der Waals surface area contributed by atoms with Crippen molar-refractivity contribution in [3.05, 3.63) is 65.7 Å². The number of para-hydroxylation sites is 1. The highest BCUT2D eigenvalue weighted by atomic mass is 16.4. The minimum Gasteiger partial charge on any atom is -0.458 e. The van der Waals surface area contributed by atoms with E-state index in [0.717, 1.165) is 22.2 Å². The molecule has 3 nitrogen and oxygen atoms in total. The lowest BCUT2D eigenvalue weighted by atomic mass is 10.1. The molecule has 0 fully saturated rings. The SMILES string of the molecule is Cc1cc(C(O)c2cc3ccccc3o2)ccn1. The number of nitrogens with zero attached hydrogens (tertiary/aromatic N) is 1. The van der Waals surface area contributed by atoms with E-state index in [-0.39, 0.29) is 0 Å². The summed E-state index contributed by atoms with van der Waals surface area (Å²) in [5.74, 6) is 0.557. The van der Waals surface area contributed by atoms with Crippen LogP contribution in [0.4, 0.5) is 0 Å². The summed E-state index contributed by atoms with van der Waals surface area (Å²) in [6.07, 6.45) is 0.940. The molecule has 0 amide bonds. The summed E-state index contributed by atoms with van der Waals surface area (Å²) in [6.45, 7) is 1.90. The van der Waals surface area contributed by atoms with E-state index >= 15 is 0 Å². The Morgan fingerprint density at radius 1 is 1.17 bits per heavy atom. The Balaban J connectivity index is 2.03. The second-order valence-electron chi connectivity index (χ2n) is 4.32. The molecule has 1 aromatic carbocycles. The van der Waals surface area contributed by atoms with Gasteiger partial charge in [0.05, 0.1) is 0 Å². The van der Waals surface area contributed by atoms with Crippen molar-refractivity contribution in [1.29, 1.82) is 0 Å². The highest BCUT2D eigenvalue weighted by molar-refractivity contribution is 5.77. The highest BCUT2D eigenvalue weighted by Crippen LogP contribution is 2.27. The quantitative estimate of drug-likeness (QED) is 0.746. The van der Waals surface area contributed by atoms with Crippen molar-refractivity contribution in [2.45, 2.75) is 13.0 Å². The van der Waals surface area contributed by atoms with Gasteiger partial charge in [0.2, 0.25) is 0 Å². The molecule has 2 aromatic heterocycles. The van der Waals surface area contributed by atoms with Gasteiger partial charge in [0.25, 0.3) is 0 Å². The molecule has 1 unspecified atom stereocenters. The molecule has 0 saturated carbocycles. The van der Waals surface area contributed by atoms with Crippen LogP contribution in [0.2, 0.25) is 0 Å². The summed E-state index contributed by atoms with van der Waals surface area (Å²) in [7, 11) is 0. The van der Waals surface area contributed by atoms with Crippen LogP contribution in [-0.2, 0) is 0 Å². The molecule has 1 atom stereocenters. The molecule has 0 radical (unpaired) electrons. The average Bonchev–Trinajstić information content (AvgIpc) is 2.81. The molecule has 0 aliphatic heterocycles. The number of benzene rings is 1. The van der Waals surface area contributed by atoms with Crippen molar-refractivity contribution in [3.8, 4) is 0 Å². The smallest absolute Gasteiger partial charge is 0.138 e. The monoisotopic (exact) mass is 239 g/mol. The van der Waals surface area contributed by atoms with Crippen LogP contribution in [0.1, 0.15) is 23.1 Å². The Hall–Kier alpha value is -2.13. The van der Waals surface area contributed by atoms with Crippen LogP contribution in [0, 0.1) is 6.92 Å². The minimum absolute atomic E-state index is 0.557. The van der Waals surface area contributed by atoms with Gasteiger partial charge in [-0.3, -0.25) is 4.98 Å². The molecule has 0 saturated heterocycles. The predicted octanol–water partition coefficient (Wildman–Crippen LogP) is 3.22. The first-order chi connectivity index (χ1) is 8.74. The maximum Gasteiger partial charge on any atom is 0.138 e. The molecule has 1 N–H and O–H groups in total. The maximum absolute atomic E-state index is 10.3. The number of hydrogen-bond acceptors (Lipinski definition) is 3. The normalized spacial score (nSPS) is 12.8. The first kappa shape index (κ1) is 11.0. The zero-order chi connectivity index (χ0) is 12.5. The second-order valence-corrected chi connectivity index (χ2v) is 4.32. The van der Waals surface area contributed by atoms with Crippen LogP contribution in [0.3, 0.4) is 0 Å². The standard InChI is InChI=1S/C15H13NO2/c1-10-8-12(6-7-16-10)15(17)14-9-11-4-2-3-5-13(11)18-14/h2-9,15,17H,1H3. The number of aliphatic hydroxyl groups is 1. The summed E-state index contributed by atoms with van der Waals surface area (Å²) in [4.78, 5) is 4.12. The molecule has 0 aliphatic carbocycles. The average molecular weight is 239 g/mol. The zero-order valence-electron chi connectivity index (χ0n) is 10.00. The van der Waals surface area contributed by atoms with Crippen molar-refractivity contribution >= 4 is 11.0 Å². The van der Waals surface area contributed by atoms with Crippen LogP contribution in [0.5, 0.6) is 0 Å². The minimum atomic E-state index is -0.751. The van der Waals surface area contributed by atoms with E-state index < -0.39 is 6.10 Å². The molecule has 90 valence electrons. The van der Waals surface area contributed by atoms with Crippen LogP contribution >= 0.6 is 0 Å². The summed E-state index contributed by atoms with van der Waals surface area (Å²) in [5, 5.41) is 11.3. The Labute approximate surface area is 105 Å². The molecule has 0 spiro atoms. The third-order valence-electron chi connectivity index (χ3n) is 2.95. The zero-order valence-corrected chi connectivity index (χ0v) is 10.00. The maximum atomic E-state index is 10.3. The predicted molar refractivity (Wildman–Crippen MR) is 69.2 cm³/mol. The molecule has 3 aromatic rings. The summed E-state index contributed by atoms with van der Waals surface area (Å²) in [5.41, 5.74) is 2.46. The van der Waals surface area contributed by atoms with Gasteiger partial charge in [-0.25, -0.2) is 0 Å². The Kier molecular flexibility index (Phi) is 2.61. The van der Waals surface area contributed by atoms with Crippen LogP contribution < -0.4 is 0 Å². The van der Waals surface area contributed by atoms with Gasteiger partial charge in [-0.2, -0.15) is 0 Å². The van der Waals surface area contributed by atoms with Crippen molar-refractivity contribution in [3.63, 3.8) is 0 Å². The fraction of sp³-hybridized carbons (Fsp3) is 0.133. The van der Waals surface area contributed by atoms with Gasteiger partial charge in [0.1, 0.15) is 17.4 Å². The van der Waals surface area contributed by atoms with E-state index in [0.29, 0.717) is 5.76 Å². The van der Waals surface area contributed by atoms with E-state index in [4.69, 9.17) is 4.42 Å². The van der Waals surface area contributed by atoms with Crippen molar-refractivity contribution in [2.24, 2.45) is 0 Å². The Bertz CT molecular complexity index is 655. The molecule has 3 rings (SSSR count). The molecule has 18 heavy (non-hydrogen) atoms. The van der Waals surface area contributed by atoms with Crippen LogP contribution in [0.25, 0.3) is 11.0 Å². The van der Waals surface area contributed by atoms with Gasteiger partial charge in [0, 0.05) is 17.3 Å². The number of hydrogen-bond donors (Lipinski definition) is 1. The lowest BCUT2D eigenvalue weighted by molar-refractivity contribution is 0.192. The third-order valence-corrected chi connectivity index (χ3v) is 2.95. The summed E-state index contributed by atoms with van der Waals surface area (Å²) in [6, 6.07) is 13.2. The van der Waals surface area contributed by atoms with Gasteiger partial charge >= 0.3 is 0 Å². The topological polar surface area (TPSA) is 46.3 Å². The van der Waals surface area contributed by atoms with Gasteiger partial charge < -0.3 is 9.52 Å². The highest BCUT2D eigenvalue weighted by Gasteiger charge is 2.15. The molecular formula is C15H13NO2. The van der Waals surface area contributed by atoms with Gasteiger partial charge in [0.15, 0.2) is 0 Å².